The van der Waals surface area contributed by atoms with Gasteiger partial charge in [-0.05, 0) is 42.5 Å². The summed E-state index contributed by atoms with van der Waals surface area (Å²) in [5, 5.41) is 18.2. The summed E-state index contributed by atoms with van der Waals surface area (Å²) >= 11 is 12.3. The number of halogens is 10. The fourth-order valence-corrected chi connectivity index (χ4v) is 5.16. The van der Waals surface area contributed by atoms with Crippen molar-refractivity contribution in [3.8, 4) is 0 Å². The molecule has 5 rings (SSSR count). The van der Waals surface area contributed by atoms with E-state index < -0.39 is 97.6 Å². The number of alkyl halides is 6. The zero-order chi connectivity index (χ0) is 30.9. The first-order valence-electron chi connectivity index (χ1n) is 11.4. The van der Waals surface area contributed by atoms with Gasteiger partial charge in [-0.25, -0.2) is 8.78 Å². The second kappa shape index (κ2) is 9.81. The monoisotopic (exact) mass is 638 g/mol. The van der Waals surface area contributed by atoms with Crippen LogP contribution < -0.4 is 10.6 Å². The van der Waals surface area contributed by atoms with Crippen LogP contribution in [0.15, 0.2) is 42.5 Å². The van der Waals surface area contributed by atoms with Crippen molar-refractivity contribution in [1.82, 2.24) is 15.1 Å². The number of nitrogens with zero attached hydrogens (tertiary/aromatic N) is 2. The van der Waals surface area contributed by atoms with Gasteiger partial charge in [0, 0.05) is 21.7 Å². The van der Waals surface area contributed by atoms with Crippen molar-refractivity contribution in [2.24, 2.45) is 0 Å². The van der Waals surface area contributed by atoms with Gasteiger partial charge < -0.3 is 15.7 Å². The Hall–Kier alpha value is -3.95. The third kappa shape index (κ3) is 5.12. The summed E-state index contributed by atoms with van der Waals surface area (Å²) in [5.74, 6) is -4.95. The first-order valence-corrected chi connectivity index (χ1v) is 12.1. The number of hydrogen-bond donors (Lipinski definition) is 3. The van der Waals surface area contributed by atoms with Crippen LogP contribution in [0.3, 0.4) is 0 Å². The largest absolute Gasteiger partial charge is 0.416 e. The number of carbonyl (C=O) groups is 2. The van der Waals surface area contributed by atoms with Gasteiger partial charge in [-0.1, -0.05) is 23.2 Å². The number of nitrogens with one attached hydrogen (secondary N) is 2. The molecule has 1 aromatic heterocycles. The zero-order valence-electron chi connectivity index (χ0n) is 20.2. The average molecular weight is 639 g/mol. The van der Waals surface area contributed by atoms with Crippen LogP contribution in [0.25, 0.3) is 10.9 Å². The van der Waals surface area contributed by atoms with E-state index in [0.29, 0.717) is 16.8 Å². The van der Waals surface area contributed by atoms with Crippen LogP contribution in [0.4, 0.5) is 40.8 Å². The molecule has 0 spiro atoms. The number of amides is 2. The van der Waals surface area contributed by atoms with E-state index in [0.717, 1.165) is 24.3 Å². The molecule has 0 fully saturated rings. The van der Waals surface area contributed by atoms with E-state index in [1.807, 2.05) is 0 Å². The fourth-order valence-electron chi connectivity index (χ4n) is 4.63. The van der Waals surface area contributed by atoms with Crippen molar-refractivity contribution >= 4 is 51.6 Å². The van der Waals surface area contributed by atoms with Crippen LogP contribution in [-0.2, 0) is 18.4 Å². The molecule has 7 nitrogen and oxygen atoms in total. The molecule has 2 amide bonds. The summed E-state index contributed by atoms with van der Waals surface area (Å²) in [7, 11) is 0. The molecule has 1 aliphatic rings. The zero-order valence-corrected chi connectivity index (χ0v) is 21.7. The van der Waals surface area contributed by atoms with E-state index in [2.05, 4.69) is 15.7 Å². The lowest BCUT2D eigenvalue weighted by atomic mass is 9.91. The molecule has 1 atom stereocenters. The third-order valence-electron chi connectivity index (χ3n) is 6.27. The quantitative estimate of drug-likeness (QED) is 0.226. The Labute approximate surface area is 238 Å². The average Bonchev–Trinajstić information content (AvgIpc) is 3.31. The molecule has 0 aliphatic carbocycles. The lowest BCUT2D eigenvalue weighted by molar-refractivity contribution is -0.142. The number of rotatable bonds is 4. The van der Waals surface area contributed by atoms with E-state index in [9.17, 15) is 49.8 Å². The van der Waals surface area contributed by atoms with Gasteiger partial charge in [-0.3, -0.25) is 14.3 Å². The molecule has 0 saturated carbocycles. The predicted molar refractivity (Wildman–Crippen MR) is 132 cm³/mol. The standard InChI is InChI=1S/C25H12Cl2F8N4O3/c26-14-2-1-11(28)6-13(14)24(42)19-15(36-21(40)9-3-10(25(33,34)35)5-12(29)4-9)7-16-17(18(19)22(41)37-24)20(27)38-39(16)8-23(30,31)32/h1-7,42H,8H2,(H,36,40)(H,37,41). The molecule has 3 aromatic carbocycles. The summed E-state index contributed by atoms with van der Waals surface area (Å²) in [6, 6.07) is 4.37. The van der Waals surface area contributed by atoms with Crippen LogP contribution in [0, 0.1) is 11.6 Å². The Morgan fingerprint density at radius 3 is 2.36 bits per heavy atom. The summed E-state index contributed by atoms with van der Waals surface area (Å²) in [5.41, 5.74) is -7.94. The molecule has 1 unspecified atom stereocenters. The van der Waals surface area contributed by atoms with E-state index in [1.165, 1.54) is 0 Å². The number of aliphatic hydroxyl groups is 1. The van der Waals surface area contributed by atoms with Crippen LogP contribution in [0.5, 0.6) is 0 Å². The molecule has 2 heterocycles. The van der Waals surface area contributed by atoms with Crippen LogP contribution in [0.2, 0.25) is 10.2 Å². The summed E-state index contributed by atoms with van der Waals surface area (Å²) < 4.78 is 108. The van der Waals surface area contributed by atoms with E-state index >= 15 is 0 Å². The Morgan fingerprint density at radius 2 is 1.71 bits per heavy atom. The third-order valence-corrected chi connectivity index (χ3v) is 6.86. The minimum atomic E-state index is -5.05. The van der Waals surface area contributed by atoms with Gasteiger partial charge in [-0.2, -0.15) is 31.4 Å². The first-order chi connectivity index (χ1) is 19.4. The molecular formula is C25H12Cl2F8N4O3. The van der Waals surface area contributed by atoms with E-state index in [-0.39, 0.29) is 11.1 Å². The molecule has 220 valence electrons. The van der Waals surface area contributed by atoms with Crippen molar-refractivity contribution in [2.45, 2.75) is 24.6 Å². The maximum atomic E-state index is 14.2. The lowest BCUT2D eigenvalue weighted by Crippen LogP contribution is -2.41. The SMILES string of the molecule is O=C(Nc1cc2c(c(Cl)nn2CC(F)(F)F)c2c1C(O)(c1cc(F)ccc1Cl)NC2=O)c1cc(F)cc(C(F)(F)F)c1. The van der Waals surface area contributed by atoms with Gasteiger partial charge in [0.2, 0.25) is 0 Å². The fraction of sp³-hybridized carbons (Fsp3) is 0.160. The molecule has 4 aromatic rings. The predicted octanol–water partition coefficient (Wildman–Crippen LogP) is 6.39. The Morgan fingerprint density at radius 1 is 1.02 bits per heavy atom. The minimum Gasteiger partial charge on any atom is -0.363 e. The Kier molecular flexibility index (Phi) is 6.90. The maximum absolute atomic E-state index is 14.2. The van der Waals surface area contributed by atoms with Crippen molar-refractivity contribution in [1.29, 1.82) is 0 Å². The van der Waals surface area contributed by atoms with Gasteiger partial charge in [0.05, 0.1) is 27.7 Å². The summed E-state index contributed by atoms with van der Waals surface area (Å²) in [4.78, 5) is 26.3. The van der Waals surface area contributed by atoms with Crippen molar-refractivity contribution in [3.63, 3.8) is 0 Å². The molecule has 0 saturated heterocycles. The maximum Gasteiger partial charge on any atom is 0.416 e. The van der Waals surface area contributed by atoms with Crippen molar-refractivity contribution < 1.29 is 49.8 Å². The first kappa shape index (κ1) is 29.5. The number of fused-ring (bicyclic) bond motifs is 3. The second-order valence-corrected chi connectivity index (χ2v) is 9.87. The Bertz CT molecular complexity index is 1810. The highest BCUT2D eigenvalue weighted by atomic mass is 35.5. The molecule has 0 bridgehead atoms. The van der Waals surface area contributed by atoms with Crippen molar-refractivity contribution in [2.75, 3.05) is 5.32 Å². The minimum absolute atomic E-state index is 0.130. The number of anilines is 1. The van der Waals surface area contributed by atoms with E-state index in [4.69, 9.17) is 23.2 Å². The number of aromatic nitrogens is 2. The molecule has 42 heavy (non-hydrogen) atoms. The lowest BCUT2D eigenvalue weighted by Gasteiger charge is -2.27. The highest BCUT2D eigenvalue weighted by Gasteiger charge is 2.48. The van der Waals surface area contributed by atoms with Crippen LogP contribution in [0.1, 0.15) is 37.4 Å². The highest BCUT2D eigenvalue weighted by Crippen LogP contribution is 2.47. The van der Waals surface area contributed by atoms with Gasteiger partial charge in [0.15, 0.2) is 10.9 Å². The topological polar surface area (TPSA) is 96.2 Å². The molecule has 0 radical (unpaired) electrons. The summed E-state index contributed by atoms with van der Waals surface area (Å²) in [6.45, 7) is -1.72. The van der Waals surface area contributed by atoms with E-state index in [1.54, 1.807) is 0 Å². The Balaban J connectivity index is 1.78. The highest BCUT2D eigenvalue weighted by molar-refractivity contribution is 6.36. The molecule has 1 aliphatic heterocycles. The number of benzene rings is 3. The number of hydrogen-bond acceptors (Lipinski definition) is 4. The molecular weight excluding hydrogens is 627 g/mol. The smallest absolute Gasteiger partial charge is 0.363 e. The molecule has 17 heteroatoms. The normalized spacial score (nSPS) is 17.0. The van der Waals surface area contributed by atoms with Crippen molar-refractivity contribution in [3.05, 3.63) is 92.1 Å². The van der Waals surface area contributed by atoms with Gasteiger partial charge >= 0.3 is 12.4 Å². The summed E-state index contributed by atoms with van der Waals surface area (Å²) in [6.07, 6.45) is -9.90. The van der Waals surface area contributed by atoms with Crippen LogP contribution >= 0.6 is 23.2 Å². The molecule has 3 N–H and O–H groups in total. The van der Waals surface area contributed by atoms with Gasteiger partial charge in [-0.15, -0.1) is 0 Å². The van der Waals surface area contributed by atoms with Crippen LogP contribution in [-0.4, -0.2) is 32.9 Å². The van der Waals surface area contributed by atoms with Gasteiger partial charge in [0.1, 0.15) is 18.2 Å². The number of carbonyl (C=O) groups excluding carboxylic acids is 2. The second-order valence-electron chi connectivity index (χ2n) is 9.10. The van der Waals surface area contributed by atoms with Gasteiger partial charge in [0.25, 0.3) is 11.8 Å².